The molecule has 0 radical (unpaired) electrons. The van der Waals surface area contributed by atoms with E-state index in [2.05, 4.69) is 37.8 Å². The summed E-state index contributed by atoms with van der Waals surface area (Å²) in [5, 5.41) is 15.3. The van der Waals surface area contributed by atoms with E-state index in [-0.39, 0.29) is 12.1 Å². The monoisotopic (exact) mass is 437 g/mol. The van der Waals surface area contributed by atoms with Gasteiger partial charge in [-0.05, 0) is 44.5 Å². The van der Waals surface area contributed by atoms with Crippen molar-refractivity contribution in [3.8, 4) is 28.6 Å². The van der Waals surface area contributed by atoms with Gasteiger partial charge in [0.1, 0.15) is 17.2 Å². The van der Waals surface area contributed by atoms with Crippen LogP contribution in [0.15, 0.2) is 54.6 Å². The fraction of sp³-hybridized carbons (Fsp3) is 0.423. The van der Waals surface area contributed by atoms with Gasteiger partial charge < -0.3 is 14.6 Å². The van der Waals surface area contributed by atoms with Crippen LogP contribution in [0.5, 0.6) is 17.4 Å². The van der Waals surface area contributed by atoms with E-state index in [9.17, 15) is 5.11 Å². The normalized spacial score (nSPS) is 12.4. The lowest BCUT2D eigenvalue weighted by molar-refractivity contribution is 0.0839. The average Bonchev–Trinajstić information content (AvgIpc) is 3.09. The molecule has 1 atom stereocenters. The van der Waals surface area contributed by atoms with Gasteiger partial charge in [0.25, 0.3) is 0 Å². The molecule has 0 fully saturated rings. The van der Waals surface area contributed by atoms with Gasteiger partial charge in [0.15, 0.2) is 0 Å². The lowest BCUT2D eigenvalue weighted by Crippen LogP contribution is -2.37. The third kappa shape index (κ3) is 5.90. The zero-order valence-corrected chi connectivity index (χ0v) is 19.8. The molecule has 172 valence electrons. The lowest BCUT2D eigenvalue weighted by atomic mass is 10.1. The molecule has 6 nitrogen and oxygen atoms in total. The number of aryl methyl sites for hydroxylation is 1. The summed E-state index contributed by atoms with van der Waals surface area (Å²) in [6, 6.07) is 18.0. The second-order valence-corrected chi connectivity index (χ2v) is 8.37. The molecule has 0 amide bonds. The van der Waals surface area contributed by atoms with Crippen molar-refractivity contribution in [1.82, 2.24) is 14.7 Å². The summed E-state index contributed by atoms with van der Waals surface area (Å²) in [4.78, 5) is 2.28. The quantitative estimate of drug-likeness (QED) is 0.443. The van der Waals surface area contributed by atoms with Crippen molar-refractivity contribution in [3.63, 3.8) is 0 Å². The number of aliphatic hydroxyl groups is 1. The fourth-order valence-electron chi connectivity index (χ4n) is 3.76. The van der Waals surface area contributed by atoms with E-state index in [4.69, 9.17) is 14.6 Å². The zero-order valence-electron chi connectivity index (χ0n) is 19.8. The summed E-state index contributed by atoms with van der Waals surface area (Å²) in [5.41, 5.74) is 2.94. The van der Waals surface area contributed by atoms with E-state index < -0.39 is 0 Å². The molecule has 0 saturated carbocycles. The number of ether oxygens (including phenoxy) is 2. The van der Waals surface area contributed by atoms with Gasteiger partial charge in [-0.2, -0.15) is 5.10 Å². The summed E-state index contributed by atoms with van der Waals surface area (Å²) in [7, 11) is 3.55. The first-order valence-corrected chi connectivity index (χ1v) is 11.3. The Morgan fingerprint density at radius 1 is 1.03 bits per heavy atom. The van der Waals surface area contributed by atoms with Gasteiger partial charge in [0.05, 0.1) is 18.8 Å². The maximum atomic E-state index is 10.5. The highest BCUT2D eigenvalue weighted by molar-refractivity contribution is 5.65. The van der Waals surface area contributed by atoms with Crippen LogP contribution in [0.1, 0.15) is 39.2 Å². The summed E-state index contributed by atoms with van der Waals surface area (Å²) in [5.74, 6) is 2.20. The first-order chi connectivity index (χ1) is 15.4. The summed E-state index contributed by atoms with van der Waals surface area (Å²) >= 11 is 0. The first-order valence-electron chi connectivity index (χ1n) is 11.3. The molecule has 0 saturated heterocycles. The standard InChI is InChI=1S/C26H35N3O3/c1-6-10-21(30)17-29(19(2)3)18-24-25(20-11-8-7-9-12-20)27-28(4)26(24)32-23-15-13-22(31-5)14-16-23/h7-9,11-16,19,21,30H,6,10,17-18H2,1-5H3/t21-/m1/s1. The first kappa shape index (κ1) is 23.8. The van der Waals surface area contributed by atoms with Crippen LogP contribution >= 0.6 is 0 Å². The number of benzene rings is 2. The fourth-order valence-corrected chi connectivity index (χ4v) is 3.76. The van der Waals surface area contributed by atoms with E-state index in [1.165, 1.54) is 0 Å². The highest BCUT2D eigenvalue weighted by Crippen LogP contribution is 2.35. The van der Waals surface area contributed by atoms with Crippen LogP contribution in [0.4, 0.5) is 0 Å². The predicted molar refractivity (Wildman–Crippen MR) is 128 cm³/mol. The lowest BCUT2D eigenvalue weighted by Gasteiger charge is -2.29. The number of aromatic nitrogens is 2. The Kier molecular flexibility index (Phi) is 8.31. The second-order valence-electron chi connectivity index (χ2n) is 8.37. The maximum absolute atomic E-state index is 10.5. The molecule has 0 aliphatic rings. The van der Waals surface area contributed by atoms with Crippen LogP contribution in [0.2, 0.25) is 0 Å². The smallest absolute Gasteiger partial charge is 0.222 e. The SMILES string of the molecule is CCC[C@@H](O)CN(Cc1c(-c2ccccc2)nn(C)c1Oc1ccc(OC)cc1)C(C)C. The summed E-state index contributed by atoms with van der Waals surface area (Å²) in [6.07, 6.45) is 1.39. The number of methoxy groups -OCH3 is 1. The van der Waals surface area contributed by atoms with E-state index >= 15 is 0 Å². The topological polar surface area (TPSA) is 59.8 Å². The molecule has 3 rings (SSSR count). The van der Waals surface area contributed by atoms with Gasteiger partial charge in [-0.15, -0.1) is 0 Å². The number of nitrogens with zero attached hydrogens (tertiary/aromatic N) is 3. The highest BCUT2D eigenvalue weighted by atomic mass is 16.5. The zero-order chi connectivity index (χ0) is 23.1. The van der Waals surface area contributed by atoms with Crippen LogP contribution in [0.25, 0.3) is 11.3 Å². The largest absolute Gasteiger partial charge is 0.497 e. The number of hydrogen-bond acceptors (Lipinski definition) is 5. The van der Waals surface area contributed by atoms with E-state index in [1.54, 1.807) is 11.8 Å². The summed E-state index contributed by atoms with van der Waals surface area (Å²) in [6.45, 7) is 7.64. The number of aliphatic hydroxyl groups excluding tert-OH is 1. The van der Waals surface area contributed by atoms with E-state index in [0.29, 0.717) is 19.0 Å². The summed E-state index contributed by atoms with van der Waals surface area (Å²) < 4.78 is 13.4. The van der Waals surface area contributed by atoms with Crippen molar-refractivity contribution in [1.29, 1.82) is 0 Å². The minimum atomic E-state index is -0.356. The third-order valence-electron chi connectivity index (χ3n) is 5.57. The Balaban J connectivity index is 1.99. The Bertz CT molecular complexity index is 968. The Hall–Kier alpha value is -2.83. The minimum Gasteiger partial charge on any atom is -0.497 e. The van der Waals surface area contributed by atoms with Gasteiger partial charge in [0.2, 0.25) is 5.88 Å². The van der Waals surface area contributed by atoms with Crippen molar-refractivity contribution in [2.24, 2.45) is 7.05 Å². The van der Waals surface area contributed by atoms with Gasteiger partial charge in [-0.1, -0.05) is 43.7 Å². The van der Waals surface area contributed by atoms with Gasteiger partial charge in [-0.25, -0.2) is 4.68 Å². The van der Waals surface area contributed by atoms with E-state index in [0.717, 1.165) is 41.2 Å². The van der Waals surface area contributed by atoms with Crippen LogP contribution < -0.4 is 9.47 Å². The van der Waals surface area contributed by atoms with Crippen LogP contribution in [0.3, 0.4) is 0 Å². The molecule has 32 heavy (non-hydrogen) atoms. The molecule has 1 aromatic heterocycles. The number of rotatable bonds is 11. The molecule has 0 bridgehead atoms. The molecule has 2 aromatic carbocycles. The molecule has 3 aromatic rings. The van der Waals surface area contributed by atoms with Gasteiger partial charge in [0, 0.05) is 31.7 Å². The Morgan fingerprint density at radius 3 is 2.28 bits per heavy atom. The Labute approximate surface area is 191 Å². The van der Waals surface area contributed by atoms with Crippen LogP contribution in [-0.2, 0) is 13.6 Å². The molecule has 1 N–H and O–H groups in total. The Morgan fingerprint density at radius 2 is 1.69 bits per heavy atom. The highest BCUT2D eigenvalue weighted by Gasteiger charge is 2.24. The molecule has 0 aliphatic carbocycles. The van der Waals surface area contributed by atoms with Crippen molar-refractivity contribution in [2.75, 3.05) is 13.7 Å². The van der Waals surface area contributed by atoms with Crippen LogP contribution in [-0.4, -0.2) is 45.6 Å². The van der Waals surface area contributed by atoms with Crippen molar-refractivity contribution < 1.29 is 14.6 Å². The van der Waals surface area contributed by atoms with Crippen molar-refractivity contribution in [2.45, 2.75) is 52.3 Å². The van der Waals surface area contributed by atoms with Gasteiger partial charge in [-0.3, -0.25) is 4.90 Å². The molecular formula is C26H35N3O3. The van der Waals surface area contributed by atoms with E-state index in [1.807, 2.05) is 49.5 Å². The molecule has 0 unspecified atom stereocenters. The third-order valence-corrected chi connectivity index (χ3v) is 5.57. The van der Waals surface area contributed by atoms with Crippen molar-refractivity contribution >= 4 is 0 Å². The molecule has 0 aliphatic heterocycles. The van der Waals surface area contributed by atoms with Gasteiger partial charge >= 0.3 is 0 Å². The molecule has 6 heteroatoms. The molecule has 1 heterocycles. The van der Waals surface area contributed by atoms with Crippen molar-refractivity contribution in [3.05, 3.63) is 60.2 Å². The number of hydrogen-bond donors (Lipinski definition) is 1. The molecular weight excluding hydrogens is 402 g/mol. The maximum Gasteiger partial charge on any atom is 0.222 e. The van der Waals surface area contributed by atoms with Crippen LogP contribution in [0, 0.1) is 0 Å². The minimum absolute atomic E-state index is 0.263. The molecule has 0 spiro atoms. The predicted octanol–water partition coefficient (Wildman–Crippen LogP) is 5.26. The second kappa shape index (κ2) is 11.2. The average molecular weight is 438 g/mol.